The Morgan fingerprint density at radius 3 is 2.18 bits per heavy atom. The maximum absolute atomic E-state index is 12.3. The molecule has 1 N–H and O–H groups in total. The minimum atomic E-state index is -0.525. The summed E-state index contributed by atoms with van der Waals surface area (Å²) in [5.41, 5.74) is 5.93. The highest BCUT2D eigenvalue weighted by molar-refractivity contribution is 6.30. The van der Waals surface area contributed by atoms with E-state index in [0.717, 1.165) is 44.5 Å². The molecule has 0 aliphatic carbocycles. The summed E-state index contributed by atoms with van der Waals surface area (Å²) in [6, 6.07) is 19.8. The van der Waals surface area contributed by atoms with Gasteiger partial charge in [-0.1, -0.05) is 29.8 Å². The highest BCUT2D eigenvalue weighted by atomic mass is 35.5. The van der Waals surface area contributed by atoms with Crippen LogP contribution in [-0.2, 0) is 16.0 Å². The van der Waals surface area contributed by atoms with Crippen molar-refractivity contribution in [1.82, 2.24) is 9.97 Å². The summed E-state index contributed by atoms with van der Waals surface area (Å²) in [5.74, 6) is -0.198. The number of hydrogen-bond acceptors (Lipinski definition) is 5. The number of ether oxygens (including phenoxy) is 1. The molecule has 4 aromatic rings. The van der Waals surface area contributed by atoms with Crippen LogP contribution < -0.4 is 0 Å². The van der Waals surface area contributed by atoms with Gasteiger partial charge in [-0.15, -0.1) is 0 Å². The van der Waals surface area contributed by atoms with Crippen LogP contribution in [0.15, 0.2) is 66.9 Å². The SMILES string of the molecule is CC(C)(C)O.Cc1cc2nc(-c3ccccn3)ccc2c(-c2ccc(Cl)cc2)c1CCOC(=O)C(C)(C)C. The molecule has 0 bridgehead atoms. The van der Waals surface area contributed by atoms with E-state index < -0.39 is 11.0 Å². The fourth-order valence-electron chi connectivity index (χ4n) is 3.84. The highest BCUT2D eigenvalue weighted by Crippen LogP contribution is 2.36. The quantitative estimate of drug-likeness (QED) is 0.265. The third-order valence-corrected chi connectivity index (χ3v) is 5.83. The molecule has 0 saturated carbocycles. The first-order valence-electron chi connectivity index (χ1n) is 12.7. The zero-order valence-corrected chi connectivity index (χ0v) is 24.1. The van der Waals surface area contributed by atoms with Crippen molar-refractivity contribution in [2.75, 3.05) is 6.61 Å². The van der Waals surface area contributed by atoms with E-state index in [-0.39, 0.29) is 5.97 Å². The molecule has 0 amide bonds. The summed E-state index contributed by atoms with van der Waals surface area (Å²) in [7, 11) is 0. The molecule has 2 heterocycles. The van der Waals surface area contributed by atoms with Gasteiger partial charge in [0.15, 0.2) is 0 Å². The molecule has 0 spiro atoms. The molecule has 0 aliphatic heterocycles. The zero-order valence-electron chi connectivity index (χ0n) is 23.3. The monoisotopic (exact) mass is 532 g/mol. The molecule has 2 aromatic heterocycles. The van der Waals surface area contributed by atoms with E-state index in [1.165, 1.54) is 0 Å². The number of halogens is 1. The predicted molar refractivity (Wildman–Crippen MR) is 156 cm³/mol. The topological polar surface area (TPSA) is 72.3 Å². The van der Waals surface area contributed by atoms with E-state index in [0.29, 0.717) is 18.1 Å². The first kappa shape index (κ1) is 29.3. The van der Waals surface area contributed by atoms with Gasteiger partial charge in [-0.05, 0) is 113 Å². The van der Waals surface area contributed by atoms with Gasteiger partial charge in [0.1, 0.15) is 0 Å². The van der Waals surface area contributed by atoms with Crippen molar-refractivity contribution in [3.05, 3.63) is 83.0 Å². The van der Waals surface area contributed by atoms with E-state index in [1.54, 1.807) is 27.0 Å². The number of aromatic nitrogens is 2. The lowest BCUT2D eigenvalue weighted by molar-refractivity contribution is -0.152. The van der Waals surface area contributed by atoms with E-state index in [4.69, 9.17) is 26.4 Å². The lowest BCUT2D eigenvalue weighted by atomic mass is 9.90. The van der Waals surface area contributed by atoms with E-state index in [2.05, 4.69) is 24.0 Å². The van der Waals surface area contributed by atoms with Crippen molar-refractivity contribution in [2.45, 2.75) is 60.5 Å². The van der Waals surface area contributed by atoms with Gasteiger partial charge >= 0.3 is 5.97 Å². The molecule has 2 aromatic carbocycles. The molecule has 6 heteroatoms. The van der Waals surface area contributed by atoms with Crippen molar-refractivity contribution in [3.8, 4) is 22.5 Å². The van der Waals surface area contributed by atoms with Gasteiger partial charge in [-0.25, -0.2) is 4.98 Å². The number of fused-ring (bicyclic) bond motifs is 1. The number of pyridine rings is 2. The van der Waals surface area contributed by atoms with Crippen LogP contribution >= 0.6 is 11.6 Å². The fraction of sp³-hybridized carbons (Fsp3) is 0.344. The van der Waals surface area contributed by atoms with Gasteiger partial charge < -0.3 is 9.84 Å². The van der Waals surface area contributed by atoms with Crippen LogP contribution in [-0.4, -0.2) is 33.3 Å². The normalized spacial score (nSPS) is 11.6. The second-order valence-corrected chi connectivity index (χ2v) is 11.8. The molecule has 0 saturated heterocycles. The molecule has 38 heavy (non-hydrogen) atoms. The number of esters is 1. The van der Waals surface area contributed by atoms with Crippen molar-refractivity contribution in [3.63, 3.8) is 0 Å². The number of carbonyl (C=O) groups is 1. The average molecular weight is 533 g/mol. The van der Waals surface area contributed by atoms with Crippen LogP contribution in [0, 0.1) is 12.3 Å². The maximum atomic E-state index is 12.3. The number of nitrogens with zero attached hydrogens (tertiary/aromatic N) is 2. The van der Waals surface area contributed by atoms with Crippen molar-refractivity contribution < 1.29 is 14.6 Å². The van der Waals surface area contributed by atoms with Gasteiger partial charge in [0.25, 0.3) is 0 Å². The van der Waals surface area contributed by atoms with E-state index >= 15 is 0 Å². The third-order valence-electron chi connectivity index (χ3n) is 5.58. The minimum absolute atomic E-state index is 0.198. The number of hydrogen-bond donors (Lipinski definition) is 1. The Bertz CT molecular complexity index is 1380. The minimum Gasteiger partial charge on any atom is -0.465 e. The summed E-state index contributed by atoms with van der Waals surface area (Å²) in [6.45, 7) is 13.2. The summed E-state index contributed by atoms with van der Waals surface area (Å²) >= 11 is 6.16. The average Bonchev–Trinajstić information content (AvgIpc) is 2.83. The number of rotatable bonds is 5. The number of carbonyl (C=O) groups excluding carboxylic acids is 1. The van der Waals surface area contributed by atoms with Gasteiger partial charge in [-0.2, -0.15) is 0 Å². The second kappa shape index (κ2) is 12.1. The molecule has 0 fully saturated rings. The number of benzene rings is 2. The van der Waals surface area contributed by atoms with Gasteiger partial charge in [0.05, 0.1) is 34.5 Å². The lowest BCUT2D eigenvalue weighted by Gasteiger charge is -2.19. The van der Waals surface area contributed by atoms with Crippen LogP contribution in [0.1, 0.15) is 52.7 Å². The van der Waals surface area contributed by atoms with Gasteiger partial charge in [0, 0.05) is 23.0 Å². The van der Waals surface area contributed by atoms with Crippen LogP contribution in [0.4, 0.5) is 0 Å². The summed E-state index contributed by atoms with van der Waals surface area (Å²) < 4.78 is 5.58. The first-order chi connectivity index (χ1) is 17.7. The van der Waals surface area contributed by atoms with Gasteiger partial charge in [-0.3, -0.25) is 9.78 Å². The second-order valence-electron chi connectivity index (χ2n) is 11.3. The number of aryl methyl sites for hydroxylation is 1. The third kappa shape index (κ3) is 8.11. The highest BCUT2D eigenvalue weighted by Gasteiger charge is 2.23. The standard InChI is InChI=1S/C28H27ClN2O2.C4H10O/c1-18-17-25-22(12-13-24(31-25)23-7-5-6-15-30-23)26(19-8-10-20(29)11-9-19)21(18)14-16-33-27(32)28(2,3)4;1-4(2,3)5/h5-13,15,17H,14,16H2,1-4H3;5H,1-3H3. The molecule has 0 atom stereocenters. The van der Waals surface area contributed by atoms with Crippen LogP contribution in [0.2, 0.25) is 5.02 Å². The van der Waals surface area contributed by atoms with Crippen molar-refractivity contribution >= 4 is 28.5 Å². The summed E-state index contributed by atoms with van der Waals surface area (Å²) in [6.07, 6.45) is 2.39. The molecule has 0 aliphatic rings. The molecule has 200 valence electrons. The van der Waals surface area contributed by atoms with Crippen molar-refractivity contribution in [2.24, 2.45) is 5.41 Å². The van der Waals surface area contributed by atoms with Crippen LogP contribution in [0.3, 0.4) is 0 Å². The molecule has 5 nitrogen and oxygen atoms in total. The summed E-state index contributed by atoms with van der Waals surface area (Å²) in [4.78, 5) is 21.6. The van der Waals surface area contributed by atoms with Crippen LogP contribution in [0.5, 0.6) is 0 Å². The zero-order chi connectivity index (χ0) is 28.1. The smallest absolute Gasteiger partial charge is 0.311 e. The fourth-order valence-corrected chi connectivity index (χ4v) is 3.96. The Balaban J connectivity index is 0.000000732. The molecule has 4 rings (SSSR count). The lowest BCUT2D eigenvalue weighted by Crippen LogP contribution is -2.24. The Labute approximate surface area is 230 Å². The van der Waals surface area contributed by atoms with E-state index in [1.807, 2.05) is 69.3 Å². The predicted octanol–water partition coefficient (Wildman–Crippen LogP) is 7.83. The Morgan fingerprint density at radius 2 is 1.61 bits per heavy atom. The molecule has 0 unspecified atom stereocenters. The van der Waals surface area contributed by atoms with Crippen LogP contribution in [0.25, 0.3) is 33.4 Å². The molecular formula is C32H37ClN2O3. The maximum Gasteiger partial charge on any atom is 0.311 e. The molecule has 0 radical (unpaired) electrons. The Morgan fingerprint density at radius 1 is 0.947 bits per heavy atom. The largest absolute Gasteiger partial charge is 0.465 e. The van der Waals surface area contributed by atoms with E-state index in [9.17, 15) is 4.79 Å². The summed E-state index contributed by atoms with van der Waals surface area (Å²) in [5, 5.41) is 10.2. The van der Waals surface area contributed by atoms with Gasteiger partial charge in [0.2, 0.25) is 0 Å². The number of aliphatic hydroxyl groups is 1. The van der Waals surface area contributed by atoms with Crippen molar-refractivity contribution in [1.29, 1.82) is 0 Å². The molecular weight excluding hydrogens is 496 g/mol. The Kier molecular flexibility index (Phi) is 9.29. The Hall–Kier alpha value is -3.28. The first-order valence-corrected chi connectivity index (χ1v) is 13.1.